The zero-order valence-corrected chi connectivity index (χ0v) is 7.04. The molecule has 66 valence electrons. The third-order valence-electron chi connectivity index (χ3n) is 2.61. The zero-order chi connectivity index (χ0) is 8.72. The fraction of sp³-hybridized carbons (Fsp3) is 0.750. The lowest BCUT2D eigenvalue weighted by Crippen LogP contribution is -2.42. The fourth-order valence-corrected chi connectivity index (χ4v) is 1.91. The van der Waals surface area contributed by atoms with Gasteiger partial charge in [-0.3, -0.25) is 10.1 Å². The lowest BCUT2D eigenvalue weighted by atomic mass is 9.95. The van der Waals surface area contributed by atoms with Crippen molar-refractivity contribution in [2.45, 2.75) is 25.8 Å². The van der Waals surface area contributed by atoms with Crippen LogP contribution in [0.4, 0.5) is 4.79 Å². The predicted molar refractivity (Wildman–Crippen MR) is 42.4 cm³/mol. The van der Waals surface area contributed by atoms with Crippen LogP contribution in [0, 0.1) is 5.92 Å². The molecule has 2 rings (SSSR count). The predicted octanol–water partition coefficient (Wildman–Crippen LogP) is 0.337. The number of imide groups is 1. The van der Waals surface area contributed by atoms with Crippen molar-refractivity contribution in [1.82, 2.24) is 10.2 Å². The Labute approximate surface area is 70.9 Å². The molecule has 0 aliphatic carbocycles. The number of nitrogens with zero attached hydrogens (tertiary/aromatic N) is 1. The third-order valence-corrected chi connectivity index (χ3v) is 2.61. The summed E-state index contributed by atoms with van der Waals surface area (Å²) in [6, 6.07) is -0.384. The van der Waals surface area contributed by atoms with Gasteiger partial charge in [-0.15, -0.1) is 0 Å². The van der Waals surface area contributed by atoms with E-state index < -0.39 is 0 Å². The highest BCUT2D eigenvalue weighted by Gasteiger charge is 2.41. The van der Waals surface area contributed by atoms with Crippen molar-refractivity contribution in [2.75, 3.05) is 6.54 Å². The minimum absolute atomic E-state index is 0.119. The Bertz CT molecular complexity index is 239. The van der Waals surface area contributed by atoms with E-state index in [1.165, 1.54) is 0 Å². The van der Waals surface area contributed by atoms with Crippen LogP contribution in [0.2, 0.25) is 0 Å². The lowest BCUT2D eigenvalue weighted by molar-refractivity contribution is -0.122. The minimum Gasteiger partial charge on any atom is -0.312 e. The molecule has 0 radical (unpaired) electrons. The molecule has 2 fully saturated rings. The first-order chi connectivity index (χ1) is 5.68. The van der Waals surface area contributed by atoms with E-state index in [9.17, 15) is 9.59 Å². The first-order valence-electron chi connectivity index (χ1n) is 4.30. The van der Waals surface area contributed by atoms with Crippen LogP contribution in [0.25, 0.3) is 0 Å². The second-order valence-electron chi connectivity index (χ2n) is 3.65. The number of carbonyl (C=O) groups is 2. The molecule has 2 aliphatic rings. The standard InChI is InChI=1S/C8H12N2O2/c1-5-2-3-6-7(11)9-8(12)10(6)4-5/h5-6H,2-4H2,1H3,(H,9,11,12)/t5-,6+/m0/s1. The Morgan fingerprint density at radius 1 is 1.42 bits per heavy atom. The molecule has 3 amide bonds. The van der Waals surface area contributed by atoms with Gasteiger partial charge in [0.1, 0.15) is 6.04 Å². The Morgan fingerprint density at radius 2 is 2.17 bits per heavy atom. The van der Waals surface area contributed by atoms with Gasteiger partial charge < -0.3 is 4.90 Å². The van der Waals surface area contributed by atoms with Gasteiger partial charge in [-0.25, -0.2) is 4.79 Å². The van der Waals surface area contributed by atoms with E-state index in [0.717, 1.165) is 19.4 Å². The SMILES string of the molecule is C[C@H]1CC[C@@H]2C(=O)NC(=O)N2C1. The summed E-state index contributed by atoms with van der Waals surface area (Å²) in [6.07, 6.45) is 1.86. The van der Waals surface area contributed by atoms with Gasteiger partial charge in [0.25, 0.3) is 5.91 Å². The molecule has 2 aliphatic heterocycles. The average Bonchev–Trinajstić information content (AvgIpc) is 2.28. The first kappa shape index (κ1) is 7.58. The summed E-state index contributed by atoms with van der Waals surface area (Å²) < 4.78 is 0. The number of hydrogen-bond acceptors (Lipinski definition) is 2. The molecule has 4 heteroatoms. The Morgan fingerprint density at radius 3 is 2.92 bits per heavy atom. The molecule has 0 aromatic rings. The summed E-state index contributed by atoms with van der Waals surface area (Å²) in [5.41, 5.74) is 0. The van der Waals surface area contributed by atoms with Crippen molar-refractivity contribution >= 4 is 11.9 Å². The van der Waals surface area contributed by atoms with E-state index >= 15 is 0 Å². The van der Waals surface area contributed by atoms with E-state index in [1.54, 1.807) is 4.90 Å². The van der Waals surface area contributed by atoms with Crippen LogP contribution in [0.1, 0.15) is 19.8 Å². The highest BCUT2D eigenvalue weighted by atomic mass is 16.2. The molecule has 2 atom stereocenters. The summed E-state index contributed by atoms with van der Waals surface area (Å²) >= 11 is 0. The van der Waals surface area contributed by atoms with E-state index in [-0.39, 0.29) is 18.0 Å². The van der Waals surface area contributed by atoms with Gasteiger partial charge in [0.2, 0.25) is 0 Å². The van der Waals surface area contributed by atoms with E-state index in [2.05, 4.69) is 12.2 Å². The maximum Gasteiger partial charge on any atom is 0.324 e. The molecule has 1 N–H and O–H groups in total. The van der Waals surface area contributed by atoms with Crippen molar-refractivity contribution in [3.05, 3.63) is 0 Å². The fourth-order valence-electron chi connectivity index (χ4n) is 1.91. The number of piperidine rings is 1. The van der Waals surface area contributed by atoms with Crippen LogP contribution in [0.3, 0.4) is 0 Å². The van der Waals surface area contributed by atoms with Crippen molar-refractivity contribution in [3.8, 4) is 0 Å². The van der Waals surface area contributed by atoms with Crippen LogP contribution in [0.5, 0.6) is 0 Å². The quantitative estimate of drug-likeness (QED) is 0.530. The maximum absolute atomic E-state index is 11.2. The van der Waals surface area contributed by atoms with E-state index in [4.69, 9.17) is 0 Å². The van der Waals surface area contributed by atoms with Crippen molar-refractivity contribution in [1.29, 1.82) is 0 Å². The summed E-state index contributed by atoms with van der Waals surface area (Å²) in [4.78, 5) is 24.0. The molecule has 0 aromatic carbocycles. The number of nitrogens with one attached hydrogen (secondary N) is 1. The van der Waals surface area contributed by atoms with Gasteiger partial charge in [-0.1, -0.05) is 6.92 Å². The Hall–Kier alpha value is -1.06. The van der Waals surface area contributed by atoms with Gasteiger partial charge in [0.15, 0.2) is 0 Å². The minimum atomic E-state index is -0.212. The summed E-state index contributed by atoms with van der Waals surface area (Å²) in [7, 11) is 0. The summed E-state index contributed by atoms with van der Waals surface area (Å²) in [5.74, 6) is 0.407. The normalized spacial score (nSPS) is 34.9. The van der Waals surface area contributed by atoms with Crippen LogP contribution >= 0.6 is 0 Å². The largest absolute Gasteiger partial charge is 0.324 e. The van der Waals surface area contributed by atoms with Crippen molar-refractivity contribution in [3.63, 3.8) is 0 Å². The van der Waals surface area contributed by atoms with Crippen LogP contribution in [0.15, 0.2) is 0 Å². The molecular weight excluding hydrogens is 156 g/mol. The molecule has 0 bridgehead atoms. The maximum atomic E-state index is 11.2. The average molecular weight is 168 g/mol. The smallest absolute Gasteiger partial charge is 0.312 e. The van der Waals surface area contributed by atoms with Crippen LogP contribution in [-0.2, 0) is 4.79 Å². The highest BCUT2D eigenvalue weighted by Crippen LogP contribution is 2.24. The second-order valence-corrected chi connectivity index (χ2v) is 3.65. The van der Waals surface area contributed by atoms with Crippen LogP contribution < -0.4 is 5.32 Å². The highest BCUT2D eigenvalue weighted by molar-refractivity contribution is 6.04. The molecule has 2 saturated heterocycles. The molecular formula is C8H12N2O2. The van der Waals surface area contributed by atoms with Gasteiger partial charge in [-0.05, 0) is 18.8 Å². The molecule has 0 saturated carbocycles. The van der Waals surface area contributed by atoms with Gasteiger partial charge in [0.05, 0.1) is 0 Å². The monoisotopic (exact) mass is 168 g/mol. The molecule has 0 unspecified atom stereocenters. The number of hydrogen-bond donors (Lipinski definition) is 1. The third kappa shape index (κ3) is 0.983. The number of urea groups is 1. The Kier molecular flexibility index (Phi) is 1.56. The van der Waals surface area contributed by atoms with Gasteiger partial charge in [0, 0.05) is 6.54 Å². The molecule has 2 heterocycles. The topological polar surface area (TPSA) is 49.4 Å². The number of fused-ring (bicyclic) bond motifs is 1. The van der Waals surface area contributed by atoms with Gasteiger partial charge in [-0.2, -0.15) is 0 Å². The lowest BCUT2D eigenvalue weighted by Gasteiger charge is -2.30. The number of amides is 3. The molecule has 0 spiro atoms. The van der Waals surface area contributed by atoms with Gasteiger partial charge >= 0.3 is 6.03 Å². The van der Waals surface area contributed by atoms with Crippen LogP contribution in [-0.4, -0.2) is 29.4 Å². The Balaban J connectivity index is 2.17. The zero-order valence-electron chi connectivity index (χ0n) is 7.04. The van der Waals surface area contributed by atoms with E-state index in [0.29, 0.717) is 5.92 Å². The summed E-state index contributed by atoms with van der Waals surface area (Å²) in [6.45, 7) is 2.83. The second kappa shape index (κ2) is 2.47. The molecule has 4 nitrogen and oxygen atoms in total. The van der Waals surface area contributed by atoms with E-state index in [1.807, 2.05) is 0 Å². The molecule has 0 aromatic heterocycles. The molecule has 12 heavy (non-hydrogen) atoms. The number of carbonyl (C=O) groups excluding carboxylic acids is 2. The number of rotatable bonds is 0. The summed E-state index contributed by atoms with van der Waals surface area (Å²) in [5, 5.41) is 2.33. The van der Waals surface area contributed by atoms with Crippen molar-refractivity contribution in [2.24, 2.45) is 5.92 Å². The first-order valence-corrected chi connectivity index (χ1v) is 4.30. The van der Waals surface area contributed by atoms with Crippen molar-refractivity contribution < 1.29 is 9.59 Å².